The van der Waals surface area contributed by atoms with Crippen LogP contribution in [-0.2, 0) is 10.0 Å². The van der Waals surface area contributed by atoms with Crippen LogP contribution in [0.15, 0.2) is 56.4 Å². The maximum Gasteiger partial charge on any atom is 0.325 e. The molecule has 3 N–H and O–H groups in total. The molecular formula is C13H10N4O4S2. The molecule has 0 bridgehead atoms. The van der Waals surface area contributed by atoms with Gasteiger partial charge in [0.25, 0.3) is 15.6 Å². The van der Waals surface area contributed by atoms with E-state index >= 15 is 0 Å². The Morgan fingerprint density at radius 1 is 1.13 bits per heavy atom. The van der Waals surface area contributed by atoms with Gasteiger partial charge in [0.2, 0.25) is 0 Å². The molecule has 3 rings (SSSR count). The van der Waals surface area contributed by atoms with Gasteiger partial charge in [-0.2, -0.15) is 0 Å². The van der Waals surface area contributed by atoms with E-state index in [4.69, 9.17) is 0 Å². The second-order valence-electron chi connectivity index (χ2n) is 4.45. The Morgan fingerprint density at radius 3 is 2.57 bits per heavy atom. The van der Waals surface area contributed by atoms with Crippen LogP contribution >= 0.6 is 11.3 Å². The number of hydrogen-bond acceptors (Lipinski definition) is 6. The molecule has 0 amide bonds. The smallest absolute Gasteiger partial charge is 0.313 e. The summed E-state index contributed by atoms with van der Waals surface area (Å²) in [4.78, 5) is 30.1. The van der Waals surface area contributed by atoms with Crippen LogP contribution in [0.25, 0.3) is 11.3 Å². The van der Waals surface area contributed by atoms with Crippen molar-refractivity contribution >= 4 is 26.5 Å². The minimum absolute atomic E-state index is 0.120. The first-order valence-corrected chi connectivity index (χ1v) is 8.68. The molecule has 0 aliphatic rings. The van der Waals surface area contributed by atoms with Crippen LogP contribution in [0.5, 0.6) is 0 Å². The first-order chi connectivity index (χ1) is 11.0. The third-order valence-electron chi connectivity index (χ3n) is 2.87. The molecule has 8 nitrogen and oxygen atoms in total. The third-order valence-corrected chi connectivity index (χ3v) is 5.10. The van der Waals surface area contributed by atoms with Crippen LogP contribution in [0.4, 0.5) is 5.13 Å². The van der Waals surface area contributed by atoms with Gasteiger partial charge in [-0.3, -0.25) is 14.5 Å². The first kappa shape index (κ1) is 15.2. The van der Waals surface area contributed by atoms with Gasteiger partial charge in [0.1, 0.15) is 0 Å². The maximum atomic E-state index is 12.2. The van der Waals surface area contributed by atoms with Gasteiger partial charge in [0.05, 0.1) is 5.69 Å². The minimum atomic E-state index is -4.15. The van der Waals surface area contributed by atoms with Gasteiger partial charge in [-0.05, 0) is 0 Å². The average molecular weight is 350 g/mol. The molecule has 10 heteroatoms. The van der Waals surface area contributed by atoms with Crippen LogP contribution in [0, 0.1) is 0 Å². The quantitative estimate of drug-likeness (QED) is 0.647. The lowest BCUT2D eigenvalue weighted by Crippen LogP contribution is -2.29. The molecule has 0 saturated carbocycles. The van der Waals surface area contributed by atoms with Gasteiger partial charge < -0.3 is 4.98 Å². The Bertz CT molecular complexity index is 1050. The monoisotopic (exact) mass is 350 g/mol. The highest BCUT2D eigenvalue weighted by Crippen LogP contribution is 2.25. The van der Waals surface area contributed by atoms with E-state index < -0.39 is 26.2 Å². The normalized spacial score (nSPS) is 11.3. The molecule has 0 fully saturated rings. The Hall–Kier alpha value is -2.72. The second-order valence-corrected chi connectivity index (χ2v) is 6.95. The first-order valence-electron chi connectivity index (χ1n) is 6.31. The van der Waals surface area contributed by atoms with Gasteiger partial charge >= 0.3 is 5.69 Å². The van der Waals surface area contributed by atoms with E-state index in [-0.39, 0.29) is 5.13 Å². The Kier molecular flexibility index (Phi) is 3.84. The highest BCUT2D eigenvalue weighted by molar-refractivity contribution is 7.92. The van der Waals surface area contributed by atoms with Crippen LogP contribution in [0.1, 0.15) is 0 Å². The third kappa shape index (κ3) is 3.22. The van der Waals surface area contributed by atoms with Gasteiger partial charge in [0.15, 0.2) is 10.0 Å². The van der Waals surface area contributed by atoms with Gasteiger partial charge in [0, 0.05) is 17.1 Å². The molecule has 0 atom stereocenters. The summed E-state index contributed by atoms with van der Waals surface area (Å²) < 4.78 is 26.6. The Balaban J connectivity index is 1.91. The zero-order valence-electron chi connectivity index (χ0n) is 11.4. The zero-order valence-corrected chi connectivity index (χ0v) is 13.1. The molecule has 2 heterocycles. The number of aromatic amines is 2. The largest absolute Gasteiger partial charge is 0.325 e. The molecule has 0 aliphatic carbocycles. The maximum absolute atomic E-state index is 12.2. The Labute approximate surface area is 133 Å². The van der Waals surface area contributed by atoms with Crippen LogP contribution < -0.4 is 16.0 Å². The summed E-state index contributed by atoms with van der Waals surface area (Å²) in [5.41, 5.74) is -0.324. The van der Waals surface area contributed by atoms with Crippen molar-refractivity contribution in [2.45, 2.75) is 4.90 Å². The molecule has 2 aromatic heterocycles. The summed E-state index contributed by atoms with van der Waals surface area (Å²) in [6.07, 6.45) is 0.842. The van der Waals surface area contributed by atoms with E-state index in [1.807, 2.05) is 35.3 Å². The van der Waals surface area contributed by atoms with Crippen molar-refractivity contribution in [3.63, 3.8) is 0 Å². The van der Waals surface area contributed by atoms with Crippen molar-refractivity contribution in [1.82, 2.24) is 15.0 Å². The predicted molar refractivity (Wildman–Crippen MR) is 86.0 cm³/mol. The summed E-state index contributed by atoms with van der Waals surface area (Å²) in [6.45, 7) is 0. The molecule has 0 unspecified atom stereocenters. The number of benzene rings is 1. The summed E-state index contributed by atoms with van der Waals surface area (Å²) in [5.74, 6) is 0. The summed E-state index contributed by atoms with van der Waals surface area (Å²) in [6, 6.07) is 9.25. The number of aromatic nitrogens is 3. The van der Waals surface area contributed by atoms with Crippen molar-refractivity contribution in [2.75, 3.05) is 4.72 Å². The lowest BCUT2D eigenvalue weighted by molar-refractivity contribution is 0.599. The number of hydrogen-bond donors (Lipinski definition) is 3. The van der Waals surface area contributed by atoms with Gasteiger partial charge in [-0.1, -0.05) is 30.3 Å². The molecule has 3 aromatic rings. The molecule has 23 heavy (non-hydrogen) atoms. The summed E-state index contributed by atoms with van der Waals surface area (Å²) in [5, 5.41) is 1.82. The van der Waals surface area contributed by atoms with Crippen LogP contribution in [0.3, 0.4) is 0 Å². The fourth-order valence-corrected chi connectivity index (χ4v) is 3.81. The van der Waals surface area contributed by atoms with E-state index in [1.165, 1.54) is 0 Å². The van der Waals surface area contributed by atoms with Gasteiger partial charge in [-0.15, -0.1) is 11.3 Å². The van der Waals surface area contributed by atoms with E-state index in [1.54, 1.807) is 5.38 Å². The Morgan fingerprint density at radius 2 is 1.87 bits per heavy atom. The minimum Gasteiger partial charge on any atom is -0.313 e. The highest BCUT2D eigenvalue weighted by Gasteiger charge is 2.20. The van der Waals surface area contributed by atoms with Crippen molar-refractivity contribution in [3.8, 4) is 11.3 Å². The standard InChI is InChI=1S/C13H10N4O4S2/c18-11-10(6-14-12(19)16-11)23(20,21)17-13-15-9(7-22-13)8-4-2-1-3-5-8/h1-7H,(H,15,17)(H2,14,16,18,19). The lowest BCUT2D eigenvalue weighted by atomic mass is 10.2. The predicted octanol–water partition coefficient (Wildman–Crippen LogP) is 0.988. The molecule has 118 valence electrons. The molecule has 0 saturated heterocycles. The molecule has 1 aromatic carbocycles. The van der Waals surface area contributed by atoms with Crippen molar-refractivity contribution < 1.29 is 8.42 Å². The fraction of sp³-hybridized carbons (Fsp3) is 0. The average Bonchev–Trinajstić information content (AvgIpc) is 2.95. The topological polar surface area (TPSA) is 125 Å². The number of anilines is 1. The van der Waals surface area contributed by atoms with Gasteiger partial charge in [-0.25, -0.2) is 18.2 Å². The molecular weight excluding hydrogens is 340 g/mol. The van der Waals surface area contributed by atoms with E-state index in [0.29, 0.717) is 5.69 Å². The number of rotatable bonds is 4. The van der Waals surface area contributed by atoms with E-state index in [2.05, 4.69) is 14.7 Å². The number of nitrogens with zero attached hydrogens (tertiary/aromatic N) is 1. The number of nitrogens with one attached hydrogen (secondary N) is 3. The SMILES string of the molecule is O=c1[nH]cc(S(=O)(=O)Nc2nc(-c3ccccc3)cs2)c(=O)[nH]1. The van der Waals surface area contributed by atoms with Crippen molar-refractivity contribution in [1.29, 1.82) is 0 Å². The van der Waals surface area contributed by atoms with E-state index in [0.717, 1.165) is 23.1 Å². The molecule has 0 spiro atoms. The number of thiazole rings is 1. The highest BCUT2D eigenvalue weighted by atomic mass is 32.2. The molecule has 0 radical (unpaired) electrons. The lowest BCUT2D eigenvalue weighted by Gasteiger charge is -2.03. The number of sulfonamides is 1. The van der Waals surface area contributed by atoms with Crippen molar-refractivity contribution in [2.24, 2.45) is 0 Å². The molecule has 0 aliphatic heterocycles. The van der Waals surface area contributed by atoms with Crippen molar-refractivity contribution in [3.05, 3.63) is 62.7 Å². The fourth-order valence-electron chi connectivity index (χ4n) is 1.83. The van der Waals surface area contributed by atoms with Crippen LogP contribution in [-0.4, -0.2) is 23.4 Å². The summed E-state index contributed by atoms with van der Waals surface area (Å²) >= 11 is 1.09. The summed E-state index contributed by atoms with van der Waals surface area (Å²) in [7, 11) is -4.15. The second kappa shape index (κ2) is 5.82. The zero-order chi connectivity index (χ0) is 16.4. The van der Waals surface area contributed by atoms with E-state index in [9.17, 15) is 18.0 Å². The number of H-pyrrole nitrogens is 2. The van der Waals surface area contributed by atoms with Crippen LogP contribution in [0.2, 0.25) is 0 Å².